The number of aromatic nitrogens is 3. The zero-order valence-corrected chi connectivity index (χ0v) is 16.7. The van der Waals surface area contributed by atoms with Crippen LogP contribution in [0.15, 0.2) is 24.4 Å². The minimum absolute atomic E-state index is 0.224. The molecule has 1 unspecified atom stereocenters. The van der Waals surface area contributed by atoms with Crippen molar-refractivity contribution in [1.29, 1.82) is 0 Å². The number of unbranched alkanes of at least 4 members (excludes halogenated alkanes) is 1. The molecule has 0 amide bonds. The van der Waals surface area contributed by atoms with E-state index in [1.807, 2.05) is 19.2 Å². The van der Waals surface area contributed by atoms with Gasteiger partial charge in [0, 0.05) is 69.4 Å². The molecule has 1 fully saturated rings. The van der Waals surface area contributed by atoms with E-state index in [1.54, 1.807) is 0 Å². The summed E-state index contributed by atoms with van der Waals surface area (Å²) in [7, 11) is 0. The molecule has 2 aromatic heterocycles. The van der Waals surface area contributed by atoms with Crippen molar-refractivity contribution in [3.8, 4) is 0 Å². The fraction of sp³-hybridized carbons (Fsp3) is 0.619. The number of piperazine rings is 1. The lowest BCUT2D eigenvalue weighted by molar-refractivity contribution is 0.0486. The van der Waals surface area contributed by atoms with Crippen molar-refractivity contribution in [2.75, 3.05) is 26.2 Å². The number of nitrogens with zero attached hydrogens (tertiary/aromatic N) is 4. The lowest BCUT2D eigenvalue weighted by atomic mass is 10.1. The highest BCUT2D eigenvalue weighted by molar-refractivity contribution is 5.10. The highest BCUT2D eigenvalue weighted by Gasteiger charge is 2.27. The van der Waals surface area contributed by atoms with Crippen LogP contribution in [0.2, 0.25) is 0 Å². The van der Waals surface area contributed by atoms with E-state index >= 15 is 0 Å². The summed E-state index contributed by atoms with van der Waals surface area (Å²) in [5.74, 6) is 1.10. The maximum Gasteiger partial charge on any atom is 0.106 e. The Balaban J connectivity index is 1.57. The van der Waals surface area contributed by atoms with Gasteiger partial charge in [-0.3, -0.25) is 14.8 Å². The van der Waals surface area contributed by atoms with E-state index in [1.165, 1.54) is 18.5 Å². The van der Waals surface area contributed by atoms with Crippen LogP contribution in [0.5, 0.6) is 0 Å². The van der Waals surface area contributed by atoms with Gasteiger partial charge in [-0.2, -0.15) is 0 Å². The molecular formula is C21H33N5O. The number of aryl methyl sites for hydroxylation is 2. The number of pyridine rings is 1. The van der Waals surface area contributed by atoms with Crippen LogP contribution in [-0.2, 0) is 19.5 Å². The normalized spacial score (nSPS) is 18.9. The van der Waals surface area contributed by atoms with E-state index in [0.717, 1.165) is 62.8 Å². The van der Waals surface area contributed by atoms with Crippen LogP contribution in [-0.4, -0.2) is 62.1 Å². The quantitative estimate of drug-likeness (QED) is 0.709. The highest BCUT2D eigenvalue weighted by atomic mass is 16.3. The third kappa shape index (κ3) is 5.86. The molecule has 3 rings (SSSR count). The number of hydrogen-bond acceptors (Lipinski definition) is 5. The molecule has 27 heavy (non-hydrogen) atoms. The first-order valence-electron chi connectivity index (χ1n) is 10.2. The third-order valence-electron chi connectivity index (χ3n) is 5.30. The minimum Gasteiger partial charge on any atom is -0.396 e. The molecule has 0 aliphatic carbocycles. The first kappa shape index (κ1) is 20.0. The number of H-pyrrole nitrogens is 1. The first-order valence-corrected chi connectivity index (χ1v) is 10.2. The van der Waals surface area contributed by atoms with Gasteiger partial charge < -0.3 is 10.1 Å². The molecule has 1 aliphatic rings. The summed E-state index contributed by atoms with van der Waals surface area (Å²) in [6.07, 6.45) is 6.18. The number of aliphatic hydroxyl groups excluding tert-OH is 1. The lowest BCUT2D eigenvalue weighted by Crippen LogP contribution is -2.52. The molecule has 0 aromatic carbocycles. The molecule has 0 saturated carbocycles. The number of hydrogen-bond donors (Lipinski definition) is 2. The van der Waals surface area contributed by atoms with Crippen molar-refractivity contribution in [3.63, 3.8) is 0 Å². The molecule has 0 bridgehead atoms. The number of nitrogens with one attached hydrogen (secondary N) is 1. The number of imidazole rings is 1. The smallest absolute Gasteiger partial charge is 0.106 e. The van der Waals surface area contributed by atoms with E-state index in [0.29, 0.717) is 6.04 Å². The van der Waals surface area contributed by atoms with E-state index in [-0.39, 0.29) is 6.61 Å². The largest absolute Gasteiger partial charge is 0.396 e. The van der Waals surface area contributed by atoms with E-state index in [9.17, 15) is 5.11 Å². The summed E-state index contributed by atoms with van der Waals surface area (Å²) >= 11 is 0. The second-order valence-electron chi connectivity index (χ2n) is 7.60. The van der Waals surface area contributed by atoms with Gasteiger partial charge in [-0.1, -0.05) is 19.4 Å². The molecule has 3 heterocycles. The molecule has 1 atom stereocenters. The summed E-state index contributed by atoms with van der Waals surface area (Å²) in [6, 6.07) is 6.56. The Labute approximate surface area is 162 Å². The van der Waals surface area contributed by atoms with Crippen LogP contribution < -0.4 is 0 Å². The van der Waals surface area contributed by atoms with Crippen molar-refractivity contribution in [3.05, 3.63) is 47.3 Å². The van der Waals surface area contributed by atoms with Crippen molar-refractivity contribution in [2.24, 2.45) is 0 Å². The Morgan fingerprint density at radius 1 is 1.26 bits per heavy atom. The third-order valence-corrected chi connectivity index (χ3v) is 5.30. The van der Waals surface area contributed by atoms with Crippen molar-refractivity contribution in [2.45, 2.75) is 58.7 Å². The summed E-state index contributed by atoms with van der Waals surface area (Å²) in [5.41, 5.74) is 3.36. The Hall–Kier alpha value is -1.76. The first-order chi connectivity index (χ1) is 13.2. The van der Waals surface area contributed by atoms with Gasteiger partial charge in [0.05, 0.1) is 5.69 Å². The summed E-state index contributed by atoms with van der Waals surface area (Å²) < 4.78 is 0. The van der Waals surface area contributed by atoms with Gasteiger partial charge >= 0.3 is 0 Å². The molecule has 0 spiro atoms. The zero-order chi connectivity index (χ0) is 19.1. The van der Waals surface area contributed by atoms with Gasteiger partial charge in [-0.15, -0.1) is 0 Å². The van der Waals surface area contributed by atoms with Crippen LogP contribution >= 0.6 is 0 Å². The van der Waals surface area contributed by atoms with Gasteiger partial charge in [0.1, 0.15) is 5.82 Å². The van der Waals surface area contributed by atoms with Gasteiger partial charge in [-0.05, 0) is 31.9 Å². The summed E-state index contributed by atoms with van der Waals surface area (Å²) in [4.78, 5) is 17.6. The van der Waals surface area contributed by atoms with Crippen molar-refractivity contribution in [1.82, 2.24) is 24.8 Å². The van der Waals surface area contributed by atoms with E-state index in [2.05, 4.69) is 43.8 Å². The molecule has 1 saturated heterocycles. The van der Waals surface area contributed by atoms with Gasteiger partial charge in [0.15, 0.2) is 0 Å². The van der Waals surface area contributed by atoms with Crippen molar-refractivity contribution >= 4 is 0 Å². The predicted molar refractivity (Wildman–Crippen MR) is 107 cm³/mol. The monoisotopic (exact) mass is 371 g/mol. The Morgan fingerprint density at radius 3 is 2.93 bits per heavy atom. The molecule has 1 aliphatic heterocycles. The second-order valence-corrected chi connectivity index (χ2v) is 7.60. The predicted octanol–water partition coefficient (Wildman–Crippen LogP) is 2.52. The van der Waals surface area contributed by atoms with Crippen molar-refractivity contribution < 1.29 is 5.11 Å². The topological polar surface area (TPSA) is 68.3 Å². The Morgan fingerprint density at radius 2 is 2.15 bits per heavy atom. The standard InChI is InChI=1S/C21H33N5O/c1-3-4-8-21-22-13-19(24-21)14-25-10-11-26(20(16-25)9-12-27)15-18-7-5-6-17(2)23-18/h5-7,13,20,27H,3-4,8-12,14-16H2,1-2H3,(H,22,24). The fourth-order valence-electron chi connectivity index (χ4n) is 3.83. The Bertz CT molecular complexity index is 701. The average Bonchev–Trinajstić information content (AvgIpc) is 3.10. The molecular weight excluding hydrogens is 338 g/mol. The average molecular weight is 372 g/mol. The van der Waals surface area contributed by atoms with Crippen LogP contribution in [0.25, 0.3) is 0 Å². The van der Waals surface area contributed by atoms with E-state index < -0.39 is 0 Å². The van der Waals surface area contributed by atoms with Gasteiger partial charge in [0.2, 0.25) is 0 Å². The molecule has 6 nitrogen and oxygen atoms in total. The van der Waals surface area contributed by atoms with Crippen LogP contribution in [0, 0.1) is 6.92 Å². The Kier molecular flexibility index (Phi) is 7.38. The number of aromatic amines is 1. The zero-order valence-electron chi connectivity index (χ0n) is 16.7. The van der Waals surface area contributed by atoms with Gasteiger partial charge in [-0.25, -0.2) is 4.98 Å². The maximum absolute atomic E-state index is 9.53. The maximum atomic E-state index is 9.53. The van der Waals surface area contributed by atoms with Gasteiger partial charge in [0.25, 0.3) is 0 Å². The number of rotatable bonds is 9. The molecule has 0 radical (unpaired) electrons. The summed E-state index contributed by atoms with van der Waals surface area (Å²) in [5, 5.41) is 9.53. The van der Waals surface area contributed by atoms with E-state index in [4.69, 9.17) is 0 Å². The highest BCUT2D eigenvalue weighted by Crippen LogP contribution is 2.18. The molecule has 148 valence electrons. The molecule has 6 heteroatoms. The molecule has 2 N–H and O–H groups in total. The number of aliphatic hydroxyl groups is 1. The summed E-state index contributed by atoms with van der Waals surface area (Å²) in [6.45, 7) is 9.21. The fourth-order valence-corrected chi connectivity index (χ4v) is 3.83. The minimum atomic E-state index is 0.224. The molecule has 2 aromatic rings. The van der Waals surface area contributed by atoms with Crippen LogP contribution in [0.4, 0.5) is 0 Å². The van der Waals surface area contributed by atoms with Crippen LogP contribution in [0.1, 0.15) is 49.1 Å². The lowest BCUT2D eigenvalue weighted by Gasteiger charge is -2.41. The second kappa shape index (κ2) is 9.97. The van der Waals surface area contributed by atoms with Crippen LogP contribution in [0.3, 0.4) is 0 Å². The SMILES string of the molecule is CCCCc1ncc(CN2CCN(Cc3cccc(C)n3)C(CCO)C2)[nH]1.